The van der Waals surface area contributed by atoms with Crippen LogP contribution in [0.5, 0.6) is 0 Å². The van der Waals surface area contributed by atoms with Crippen molar-refractivity contribution in [1.82, 2.24) is 9.97 Å². The predicted octanol–water partition coefficient (Wildman–Crippen LogP) is 4.89. The molecule has 2 rings (SSSR count). The molecule has 1 saturated carbocycles. The SMILES string of the molecule is CCCCCc1ncc([C@H]2CC[C@H](CC)CC2)cn1. The summed E-state index contributed by atoms with van der Waals surface area (Å²) < 4.78 is 0. The van der Waals surface area contributed by atoms with E-state index >= 15 is 0 Å². The van der Waals surface area contributed by atoms with Gasteiger partial charge in [-0.2, -0.15) is 0 Å². The van der Waals surface area contributed by atoms with Gasteiger partial charge in [-0.25, -0.2) is 9.97 Å². The van der Waals surface area contributed by atoms with Crippen LogP contribution in [0.4, 0.5) is 0 Å². The first-order chi connectivity index (χ1) is 9.33. The molecule has 0 saturated heterocycles. The van der Waals surface area contributed by atoms with Crippen molar-refractivity contribution < 1.29 is 0 Å². The largest absolute Gasteiger partial charge is 0.241 e. The molecule has 0 unspecified atom stereocenters. The lowest BCUT2D eigenvalue weighted by atomic mass is 9.78. The van der Waals surface area contributed by atoms with Gasteiger partial charge in [0.15, 0.2) is 0 Å². The molecule has 0 aromatic carbocycles. The van der Waals surface area contributed by atoms with Crippen LogP contribution >= 0.6 is 0 Å². The highest BCUT2D eigenvalue weighted by Crippen LogP contribution is 2.36. The fourth-order valence-corrected chi connectivity index (χ4v) is 3.14. The lowest BCUT2D eigenvalue weighted by Crippen LogP contribution is -2.13. The minimum absolute atomic E-state index is 0.715. The van der Waals surface area contributed by atoms with Gasteiger partial charge in [0.25, 0.3) is 0 Å². The molecule has 1 aliphatic carbocycles. The van der Waals surface area contributed by atoms with Crippen LogP contribution in [-0.4, -0.2) is 9.97 Å². The van der Waals surface area contributed by atoms with Gasteiger partial charge >= 0.3 is 0 Å². The topological polar surface area (TPSA) is 25.8 Å². The minimum atomic E-state index is 0.715. The molecule has 19 heavy (non-hydrogen) atoms. The molecular weight excluding hydrogens is 232 g/mol. The number of unbranched alkanes of at least 4 members (excludes halogenated alkanes) is 2. The van der Waals surface area contributed by atoms with E-state index in [1.165, 1.54) is 56.9 Å². The normalized spacial score (nSPS) is 23.5. The van der Waals surface area contributed by atoms with Crippen molar-refractivity contribution in [2.45, 2.75) is 77.6 Å². The fourth-order valence-electron chi connectivity index (χ4n) is 3.14. The van der Waals surface area contributed by atoms with Gasteiger partial charge in [-0.1, -0.05) is 33.1 Å². The maximum atomic E-state index is 4.55. The van der Waals surface area contributed by atoms with Crippen LogP contribution in [0.25, 0.3) is 0 Å². The molecule has 0 N–H and O–H groups in total. The summed E-state index contributed by atoms with van der Waals surface area (Å²) in [6.07, 6.45) is 15.8. The fraction of sp³-hybridized carbons (Fsp3) is 0.765. The first kappa shape index (κ1) is 14.5. The van der Waals surface area contributed by atoms with Gasteiger partial charge in [-0.15, -0.1) is 0 Å². The van der Waals surface area contributed by atoms with E-state index in [2.05, 4.69) is 36.2 Å². The van der Waals surface area contributed by atoms with Crippen molar-refractivity contribution in [2.24, 2.45) is 5.92 Å². The summed E-state index contributed by atoms with van der Waals surface area (Å²) in [5.74, 6) is 2.71. The molecular formula is C17H28N2. The van der Waals surface area contributed by atoms with E-state index in [4.69, 9.17) is 0 Å². The lowest BCUT2D eigenvalue weighted by Gasteiger charge is -2.27. The van der Waals surface area contributed by atoms with Gasteiger partial charge in [0.05, 0.1) is 0 Å². The Balaban J connectivity index is 1.84. The Morgan fingerprint density at radius 3 is 2.26 bits per heavy atom. The number of hydrogen-bond donors (Lipinski definition) is 0. The van der Waals surface area contributed by atoms with Gasteiger partial charge in [0.1, 0.15) is 5.82 Å². The van der Waals surface area contributed by atoms with Crippen molar-refractivity contribution in [1.29, 1.82) is 0 Å². The van der Waals surface area contributed by atoms with E-state index in [9.17, 15) is 0 Å². The third kappa shape index (κ3) is 4.29. The molecule has 0 spiro atoms. The molecule has 1 heterocycles. The molecule has 1 fully saturated rings. The van der Waals surface area contributed by atoms with Crippen molar-refractivity contribution >= 4 is 0 Å². The average molecular weight is 260 g/mol. The van der Waals surface area contributed by atoms with Gasteiger partial charge in [0, 0.05) is 18.8 Å². The van der Waals surface area contributed by atoms with Gasteiger partial charge < -0.3 is 0 Å². The highest BCUT2D eigenvalue weighted by atomic mass is 14.9. The summed E-state index contributed by atoms with van der Waals surface area (Å²) in [7, 11) is 0. The Morgan fingerprint density at radius 1 is 1.00 bits per heavy atom. The molecule has 2 heteroatoms. The van der Waals surface area contributed by atoms with Crippen molar-refractivity contribution in [3.8, 4) is 0 Å². The van der Waals surface area contributed by atoms with Crippen LogP contribution in [0, 0.1) is 5.92 Å². The molecule has 0 bridgehead atoms. The van der Waals surface area contributed by atoms with Crippen LogP contribution in [-0.2, 0) is 6.42 Å². The number of nitrogens with zero attached hydrogens (tertiary/aromatic N) is 2. The van der Waals surface area contributed by atoms with Crippen LogP contribution < -0.4 is 0 Å². The molecule has 1 aromatic rings. The Morgan fingerprint density at radius 2 is 1.68 bits per heavy atom. The molecule has 1 aliphatic rings. The summed E-state index contributed by atoms with van der Waals surface area (Å²) in [6, 6.07) is 0. The smallest absolute Gasteiger partial charge is 0.128 e. The van der Waals surface area contributed by atoms with Gasteiger partial charge in [-0.3, -0.25) is 0 Å². The summed E-state index contributed by atoms with van der Waals surface area (Å²) >= 11 is 0. The molecule has 0 amide bonds. The first-order valence-electron chi connectivity index (χ1n) is 8.14. The zero-order valence-corrected chi connectivity index (χ0v) is 12.6. The number of rotatable bonds is 6. The number of hydrogen-bond acceptors (Lipinski definition) is 2. The van der Waals surface area contributed by atoms with Crippen LogP contribution in [0.2, 0.25) is 0 Å². The van der Waals surface area contributed by atoms with Gasteiger partial charge in [0.2, 0.25) is 0 Å². The van der Waals surface area contributed by atoms with E-state index in [0.29, 0.717) is 5.92 Å². The van der Waals surface area contributed by atoms with E-state index < -0.39 is 0 Å². The molecule has 1 aromatic heterocycles. The zero-order chi connectivity index (χ0) is 13.5. The minimum Gasteiger partial charge on any atom is -0.241 e. The second-order valence-electron chi connectivity index (χ2n) is 6.02. The van der Waals surface area contributed by atoms with Crippen LogP contribution in [0.3, 0.4) is 0 Å². The number of aromatic nitrogens is 2. The maximum Gasteiger partial charge on any atom is 0.128 e. The van der Waals surface area contributed by atoms with Crippen molar-refractivity contribution in [3.63, 3.8) is 0 Å². The predicted molar refractivity (Wildman–Crippen MR) is 80.3 cm³/mol. The third-order valence-corrected chi connectivity index (χ3v) is 4.62. The van der Waals surface area contributed by atoms with E-state index in [-0.39, 0.29) is 0 Å². The monoisotopic (exact) mass is 260 g/mol. The standard InChI is InChI=1S/C17H28N2/c1-3-5-6-7-17-18-12-16(13-19-17)15-10-8-14(4-2)9-11-15/h12-15H,3-11H2,1-2H3/t14-,15-. The van der Waals surface area contributed by atoms with E-state index in [1.54, 1.807) is 0 Å². The Bertz CT molecular complexity index is 350. The van der Waals surface area contributed by atoms with Crippen molar-refractivity contribution in [2.75, 3.05) is 0 Å². The maximum absolute atomic E-state index is 4.55. The van der Waals surface area contributed by atoms with E-state index in [0.717, 1.165) is 18.2 Å². The van der Waals surface area contributed by atoms with Crippen molar-refractivity contribution in [3.05, 3.63) is 23.8 Å². The average Bonchev–Trinajstić information content (AvgIpc) is 2.48. The molecule has 0 radical (unpaired) electrons. The van der Waals surface area contributed by atoms with Crippen LogP contribution in [0.1, 0.15) is 82.5 Å². The Hall–Kier alpha value is -0.920. The molecule has 2 nitrogen and oxygen atoms in total. The number of aryl methyl sites for hydroxylation is 1. The quantitative estimate of drug-likeness (QED) is 0.680. The first-order valence-corrected chi connectivity index (χ1v) is 8.14. The molecule has 0 atom stereocenters. The van der Waals surface area contributed by atoms with Crippen LogP contribution in [0.15, 0.2) is 12.4 Å². The molecule has 0 aliphatic heterocycles. The zero-order valence-electron chi connectivity index (χ0n) is 12.6. The summed E-state index contributed by atoms with van der Waals surface area (Å²) in [5, 5.41) is 0. The summed E-state index contributed by atoms with van der Waals surface area (Å²) in [4.78, 5) is 9.11. The summed E-state index contributed by atoms with van der Waals surface area (Å²) in [5.41, 5.74) is 1.37. The third-order valence-electron chi connectivity index (χ3n) is 4.62. The second-order valence-corrected chi connectivity index (χ2v) is 6.02. The lowest BCUT2D eigenvalue weighted by molar-refractivity contribution is 0.318. The molecule has 106 valence electrons. The Labute approximate surface area is 118 Å². The highest BCUT2D eigenvalue weighted by Gasteiger charge is 2.21. The van der Waals surface area contributed by atoms with E-state index in [1.807, 2.05) is 0 Å². The Kier molecular flexibility index (Phi) is 5.81. The van der Waals surface area contributed by atoms with Gasteiger partial charge in [-0.05, 0) is 49.5 Å². The second kappa shape index (κ2) is 7.62. The highest BCUT2D eigenvalue weighted by molar-refractivity contribution is 5.12. The summed E-state index contributed by atoms with van der Waals surface area (Å²) in [6.45, 7) is 4.55.